The van der Waals surface area contributed by atoms with Crippen molar-refractivity contribution in [3.05, 3.63) is 83.8 Å². The molecule has 2 aromatic heterocycles. The van der Waals surface area contributed by atoms with Crippen molar-refractivity contribution >= 4 is 35.3 Å². The summed E-state index contributed by atoms with van der Waals surface area (Å²) in [6, 6.07) is 12.8. The van der Waals surface area contributed by atoms with Crippen molar-refractivity contribution in [3.8, 4) is 6.07 Å². The van der Waals surface area contributed by atoms with E-state index in [1.54, 1.807) is 59.5 Å². The van der Waals surface area contributed by atoms with E-state index in [1.165, 1.54) is 4.21 Å². The summed E-state index contributed by atoms with van der Waals surface area (Å²) < 4.78 is 1.17. The molecule has 3 aromatic rings. The molecule has 0 fully saturated rings. The Labute approximate surface area is 175 Å². The molecular formula is C21H20N4O2S2. The van der Waals surface area contributed by atoms with Crippen molar-refractivity contribution in [1.29, 1.82) is 5.26 Å². The monoisotopic (exact) mass is 424 g/mol. The topological polar surface area (TPSA) is 92.8 Å². The van der Waals surface area contributed by atoms with Gasteiger partial charge < -0.3 is 14.9 Å². The van der Waals surface area contributed by atoms with Crippen molar-refractivity contribution in [2.24, 2.45) is 0 Å². The van der Waals surface area contributed by atoms with Crippen molar-refractivity contribution in [1.82, 2.24) is 14.9 Å². The Morgan fingerprint density at radius 1 is 1.03 bits per heavy atom. The van der Waals surface area contributed by atoms with Crippen LogP contribution in [0.5, 0.6) is 0 Å². The van der Waals surface area contributed by atoms with Gasteiger partial charge in [0.1, 0.15) is 10.7 Å². The average molecular weight is 425 g/mol. The highest BCUT2D eigenvalue weighted by Gasteiger charge is 2.02. The Balaban J connectivity index is 1.87. The molecule has 0 amide bonds. The second-order valence-electron chi connectivity index (χ2n) is 6.57. The van der Waals surface area contributed by atoms with Crippen LogP contribution in [-0.2, 0) is 0 Å². The predicted molar refractivity (Wildman–Crippen MR) is 119 cm³/mol. The first-order valence-corrected chi connectivity index (χ1v) is 10.7. The molecule has 0 atom stereocenters. The molecule has 0 aliphatic heterocycles. The van der Waals surface area contributed by atoms with E-state index in [0.717, 1.165) is 22.7 Å². The zero-order valence-corrected chi connectivity index (χ0v) is 17.7. The molecule has 0 bridgehead atoms. The van der Waals surface area contributed by atoms with Gasteiger partial charge in [-0.05, 0) is 56.1 Å². The lowest BCUT2D eigenvalue weighted by atomic mass is 10.1. The molecule has 0 radical (unpaired) electrons. The minimum Gasteiger partial charge on any atom is -0.316 e. The fourth-order valence-electron chi connectivity index (χ4n) is 2.48. The second kappa shape index (κ2) is 9.56. The van der Waals surface area contributed by atoms with Crippen LogP contribution in [0, 0.1) is 11.3 Å². The first-order valence-electron chi connectivity index (χ1n) is 8.88. The van der Waals surface area contributed by atoms with E-state index < -0.39 is 0 Å². The number of benzene rings is 1. The van der Waals surface area contributed by atoms with Crippen LogP contribution in [0.2, 0.25) is 0 Å². The van der Waals surface area contributed by atoms with E-state index in [4.69, 9.17) is 5.26 Å². The highest BCUT2D eigenvalue weighted by molar-refractivity contribution is 8.01. The number of aromatic amines is 2. The summed E-state index contributed by atoms with van der Waals surface area (Å²) in [5, 5.41) is 9.24. The predicted octanol–water partition coefficient (Wildman–Crippen LogP) is 1.31. The molecule has 1 aromatic carbocycles. The number of hydrogen-bond acceptors (Lipinski definition) is 6. The van der Waals surface area contributed by atoms with Gasteiger partial charge in [0.15, 0.2) is 0 Å². The van der Waals surface area contributed by atoms with E-state index in [2.05, 4.69) is 14.9 Å². The maximum Gasteiger partial charge on any atom is 0.272 e. The number of thiophene rings is 1. The fraction of sp³-hybridized carbons (Fsp3) is 0.190. The van der Waals surface area contributed by atoms with E-state index >= 15 is 0 Å². The number of aromatic nitrogens is 2. The average Bonchev–Trinajstić information content (AvgIpc) is 3.13. The van der Waals surface area contributed by atoms with E-state index in [0.29, 0.717) is 5.56 Å². The minimum atomic E-state index is -0.377. The number of hydrogen-bond donors (Lipinski definition) is 2. The number of nitrogens with one attached hydrogen (secondary N) is 2. The largest absolute Gasteiger partial charge is 0.316 e. The molecule has 2 heterocycles. The lowest BCUT2D eigenvalue weighted by molar-refractivity contribution is 0.437. The van der Waals surface area contributed by atoms with Crippen LogP contribution < -0.4 is 21.8 Å². The third-order valence-electron chi connectivity index (χ3n) is 4.01. The zero-order valence-electron chi connectivity index (χ0n) is 16.1. The normalized spacial score (nSPS) is 12.5. The highest BCUT2D eigenvalue weighted by Crippen LogP contribution is 2.27. The van der Waals surface area contributed by atoms with Crippen LogP contribution in [0.4, 0.5) is 0 Å². The van der Waals surface area contributed by atoms with Crippen LogP contribution in [0.25, 0.3) is 12.2 Å². The summed E-state index contributed by atoms with van der Waals surface area (Å²) in [5.41, 5.74) is 0.515. The third kappa shape index (κ3) is 5.81. The van der Waals surface area contributed by atoms with Crippen LogP contribution >= 0.6 is 23.1 Å². The number of nitriles is 1. The number of thioether (sulfide) groups is 1. The smallest absolute Gasteiger partial charge is 0.272 e. The van der Waals surface area contributed by atoms with E-state index in [1.807, 2.05) is 32.3 Å². The maximum absolute atomic E-state index is 12.4. The van der Waals surface area contributed by atoms with Crippen molar-refractivity contribution in [2.45, 2.75) is 4.21 Å². The highest BCUT2D eigenvalue weighted by atomic mass is 32.2. The number of H-pyrrole nitrogens is 2. The Hall–Kier alpha value is -2.86. The number of rotatable bonds is 6. The number of nitrogens with zero attached hydrogens (tertiary/aromatic N) is 2. The van der Waals surface area contributed by atoms with Crippen LogP contribution in [0.15, 0.2) is 50.2 Å². The summed E-state index contributed by atoms with van der Waals surface area (Å²) in [5.74, 6) is 0.990. The lowest BCUT2D eigenvalue weighted by Gasteiger charge is -2.07. The van der Waals surface area contributed by atoms with Crippen LogP contribution in [-0.4, -0.2) is 41.3 Å². The molecule has 0 aliphatic rings. The maximum atomic E-state index is 12.4. The summed E-state index contributed by atoms with van der Waals surface area (Å²) in [4.78, 5) is 33.1. The van der Waals surface area contributed by atoms with Gasteiger partial charge in [-0.15, -0.1) is 23.1 Å². The van der Waals surface area contributed by atoms with E-state index in [9.17, 15) is 9.59 Å². The van der Waals surface area contributed by atoms with Gasteiger partial charge in [-0.25, -0.2) is 0 Å². The molecule has 29 heavy (non-hydrogen) atoms. The fourth-order valence-corrected chi connectivity index (χ4v) is 4.75. The van der Waals surface area contributed by atoms with Crippen LogP contribution in [0.1, 0.15) is 16.0 Å². The summed E-state index contributed by atoms with van der Waals surface area (Å²) in [6.45, 7) is 0.992. The molecule has 6 nitrogen and oxygen atoms in total. The molecule has 3 rings (SSSR count). The molecule has 0 saturated carbocycles. The lowest BCUT2D eigenvalue weighted by Crippen LogP contribution is -2.46. The van der Waals surface area contributed by atoms with Gasteiger partial charge in [-0.1, -0.05) is 12.1 Å². The summed E-state index contributed by atoms with van der Waals surface area (Å²) >= 11 is 3.35. The first kappa shape index (κ1) is 20.9. The quantitative estimate of drug-likeness (QED) is 0.582. The second-order valence-corrected chi connectivity index (χ2v) is 9.08. The first-order chi connectivity index (χ1) is 13.9. The van der Waals surface area contributed by atoms with Crippen molar-refractivity contribution < 1.29 is 0 Å². The molecule has 0 unspecified atom stereocenters. The SMILES string of the molecule is CN(C)CCSc1ccc(/C=c2\[nH]c(=O)/c(=C/c3ccc(C#N)cc3)[nH]c2=O)s1. The molecule has 2 N–H and O–H groups in total. The van der Waals surface area contributed by atoms with Gasteiger partial charge in [0.05, 0.1) is 15.8 Å². The molecular weight excluding hydrogens is 404 g/mol. The zero-order chi connectivity index (χ0) is 20.8. The van der Waals surface area contributed by atoms with Gasteiger partial charge in [0.25, 0.3) is 11.1 Å². The summed E-state index contributed by atoms with van der Waals surface area (Å²) in [6.07, 6.45) is 3.27. The molecule has 0 aliphatic carbocycles. The molecule has 8 heteroatoms. The van der Waals surface area contributed by atoms with Crippen molar-refractivity contribution in [3.63, 3.8) is 0 Å². The van der Waals surface area contributed by atoms with Gasteiger partial charge in [0, 0.05) is 17.2 Å². The van der Waals surface area contributed by atoms with Gasteiger partial charge >= 0.3 is 0 Å². The Kier molecular flexibility index (Phi) is 6.88. The molecule has 148 valence electrons. The third-order valence-corrected chi connectivity index (χ3v) is 6.25. The molecule has 0 spiro atoms. The Bertz CT molecular complexity index is 1260. The Morgan fingerprint density at radius 2 is 1.69 bits per heavy atom. The van der Waals surface area contributed by atoms with Gasteiger partial charge in [-0.3, -0.25) is 9.59 Å². The van der Waals surface area contributed by atoms with Gasteiger partial charge in [-0.2, -0.15) is 5.26 Å². The van der Waals surface area contributed by atoms with E-state index in [-0.39, 0.29) is 21.8 Å². The van der Waals surface area contributed by atoms with Crippen LogP contribution in [0.3, 0.4) is 0 Å². The Morgan fingerprint density at radius 3 is 2.31 bits per heavy atom. The standard InChI is InChI=1S/C21H20N4O2S2/c1-25(2)9-10-28-19-8-7-16(29-19)12-18-21(27)23-17(20(26)24-18)11-14-3-5-15(13-22)6-4-14/h3-8,11-12H,9-10H2,1-2H3,(H,23,27)(H,24,26)/b17-11-,18-12-. The van der Waals surface area contributed by atoms with Crippen molar-refractivity contribution in [2.75, 3.05) is 26.4 Å². The van der Waals surface area contributed by atoms with Gasteiger partial charge in [0.2, 0.25) is 0 Å². The summed E-state index contributed by atoms with van der Waals surface area (Å²) in [7, 11) is 4.08. The minimum absolute atomic E-state index is 0.169. The molecule has 0 saturated heterocycles.